The van der Waals surface area contributed by atoms with Crippen molar-refractivity contribution >= 4 is 23.2 Å². The molecule has 0 radical (unpaired) electrons. The number of nitrogens with one attached hydrogen (secondary N) is 1. The summed E-state index contributed by atoms with van der Waals surface area (Å²) in [7, 11) is 3.17. The van der Waals surface area contributed by atoms with Crippen molar-refractivity contribution in [2.75, 3.05) is 19.5 Å². The van der Waals surface area contributed by atoms with Crippen molar-refractivity contribution in [2.45, 2.75) is 19.6 Å². The Labute approximate surface area is 195 Å². The van der Waals surface area contributed by atoms with E-state index in [1.54, 1.807) is 37.4 Å². The van der Waals surface area contributed by atoms with Gasteiger partial charge < -0.3 is 19.5 Å². The normalized spacial score (nSPS) is 11.6. The Morgan fingerprint density at radius 1 is 1.03 bits per heavy atom. The summed E-state index contributed by atoms with van der Waals surface area (Å²) in [5.41, 5.74) is 2.38. The van der Waals surface area contributed by atoms with Gasteiger partial charge in [-0.1, -0.05) is 23.7 Å². The molecule has 1 unspecified atom stereocenters. The fourth-order valence-electron chi connectivity index (χ4n) is 3.20. The number of nitrogens with zero attached hydrogens (tertiary/aromatic N) is 6. The van der Waals surface area contributed by atoms with Gasteiger partial charge in [0.2, 0.25) is 5.95 Å². The molecule has 2 heterocycles. The van der Waals surface area contributed by atoms with Gasteiger partial charge in [0.15, 0.2) is 11.5 Å². The lowest BCUT2D eigenvalue weighted by Gasteiger charge is -2.16. The zero-order valence-electron chi connectivity index (χ0n) is 18.3. The maximum atomic E-state index is 6.34. The predicted octanol–water partition coefficient (Wildman–Crippen LogP) is 4.01. The molecule has 0 amide bonds. The Morgan fingerprint density at radius 2 is 1.85 bits per heavy atom. The minimum absolute atomic E-state index is 0.193. The number of aromatic nitrogens is 6. The number of rotatable bonds is 9. The van der Waals surface area contributed by atoms with E-state index in [1.165, 1.54) is 6.33 Å². The molecule has 0 fully saturated rings. The molecule has 1 atom stereocenters. The first-order chi connectivity index (χ1) is 16.1. The number of hydrogen-bond donors (Lipinski definition) is 1. The number of halogens is 1. The molecular formula is C22H22ClN7O3. The van der Waals surface area contributed by atoms with Crippen molar-refractivity contribution in [2.24, 2.45) is 0 Å². The molecule has 0 spiro atoms. The highest BCUT2D eigenvalue weighted by molar-refractivity contribution is 6.32. The molecule has 33 heavy (non-hydrogen) atoms. The second kappa shape index (κ2) is 10.1. The Morgan fingerprint density at radius 3 is 2.55 bits per heavy atom. The zero-order valence-corrected chi connectivity index (χ0v) is 19.0. The van der Waals surface area contributed by atoms with Gasteiger partial charge in [0.1, 0.15) is 18.2 Å². The third-order valence-electron chi connectivity index (χ3n) is 4.73. The standard InChI is InChI=1S/C22H22ClN7O3/c1-14(12-30-13-26-28-29-30)33-20-9-15(7-8-17(20)23)16-10-24-22(25-11-16)27-18-5-4-6-19(31-2)21(18)32-3/h4-11,13-14H,12H2,1-3H3,(H,24,25,27). The summed E-state index contributed by atoms with van der Waals surface area (Å²) in [4.78, 5) is 8.85. The second-order valence-electron chi connectivity index (χ2n) is 7.07. The van der Waals surface area contributed by atoms with Crippen LogP contribution in [0.4, 0.5) is 11.6 Å². The van der Waals surface area contributed by atoms with Crippen LogP contribution in [0.1, 0.15) is 6.92 Å². The van der Waals surface area contributed by atoms with Crippen LogP contribution < -0.4 is 19.5 Å². The molecule has 0 aliphatic carbocycles. The summed E-state index contributed by atoms with van der Waals surface area (Å²) in [5, 5.41) is 14.8. The average molecular weight is 468 g/mol. The topological polar surface area (TPSA) is 109 Å². The molecule has 1 N–H and O–H groups in total. The first-order valence-electron chi connectivity index (χ1n) is 10.0. The Kier molecular flexibility index (Phi) is 6.84. The van der Waals surface area contributed by atoms with E-state index in [0.717, 1.165) is 11.1 Å². The minimum Gasteiger partial charge on any atom is -0.493 e. The summed E-state index contributed by atoms with van der Waals surface area (Å²) in [5.74, 6) is 2.16. The molecule has 4 aromatic rings. The third-order valence-corrected chi connectivity index (χ3v) is 5.04. The van der Waals surface area contributed by atoms with Gasteiger partial charge in [-0.2, -0.15) is 0 Å². The van der Waals surface area contributed by atoms with Crippen molar-refractivity contribution < 1.29 is 14.2 Å². The Balaban J connectivity index is 1.49. The fraction of sp³-hybridized carbons (Fsp3) is 0.227. The van der Waals surface area contributed by atoms with Crippen molar-refractivity contribution in [3.63, 3.8) is 0 Å². The van der Waals surface area contributed by atoms with Gasteiger partial charge in [0, 0.05) is 18.0 Å². The highest BCUT2D eigenvalue weighted by Gasteiger charge is 2.13. The van der Waals surface area contributed by atoms with E-state index in [-0.39, 0.29) is 6.10 Å². The summed E-state index contributed by atoms with van der Waals surface area (Å²) >= 11 is 6.34. The van der Waals surface area contributed by atoms with E-state index in [0.29, 0.717) is 40.5 Å². The van der Waals surface area contributed by atoms with Crippen LogP contribution in [0.5, 0.6) is 17.2 Å². The largest absolute Gasteiger partial charge is 0.493 e. The second-order valence-corrected chi connectivity index (χ2v) is 7.47. The number of methoxy groups -OCH3 is 2. The van der Waals surface area contributed by atoms with Gasteiger partial charge in [-0.15, -0.1) is 5.10 Å². The Hall–Kier alpha value is -3.92. The van der Waals surface area contributed by atoms with Crippen LogP contribution in [-0.2, 0) is 6.54 Å². The van der Waals surface area contributed by atoms with Crippen LogP contribution in [0.15, 0.2) is 55.1 Å². The van der Waals surface area contributed by atoms with Gasteiger partial charge in [-0.3, -0.25) is 0 Å². The van der Waals surface area contributed by atoms with E-state index in [4.69, 9.17) is 25.8 Å². The lowest BCUT2D eigenvalue weighted by Crippen LogP contribution is -2.20. The van der Waals surface area contributed by atoms with E-state index in [1.807, 2.05) is 37.3 Å². The first kappa shape index (κ1) is 22.3. The van der Waals surface area contributed by atoms with Crippen molar-refractivity contribution in [1.82, 2.24) is 30.2 Å². The van der Waals surface area contributed by atoms with E-state index >= 15 is 0 Å². The number of tetrazole rings is 1. The number of para-hydroxylation sites is 1. The van der Waals surface area contributed by atoms with E-state index in [9.17, 15) is 0 Å². The molecule has 0 bridgehead atoms. The lowest BCUT2D eigenvalue weighted by molar-refractivity contribution is 0.193. The van der Waals surface area contributed by atoms with Gasteiger partial charge in [0.05, 0.1) is 31.5 Å². The zero-order chi connectivity index (χ0) is 23.2. The summed E-state index contributed by atoms with van der Waals surface area (Å²) in [6.07, 6.45) is 4.78. The Bertz CT molecular complexity index is 1200. The van der Waals surface area contributed by atoms with E-state index < -0.39 is 0 Å². The van der Waals surface area contributed by atoms with Crippen LogP contribution in [0.2, 0.25) is 5.02 Å². The van der Waals surface area contributed by atoms with Crippen LogP contribution in [0.3, 0.4) is 0 Å². The van der Waals surface area contributed by atoms with Crippen molar-refractivity contribution in [3.05, 3.63) is 60.1 Å². The van der Waals surface area contributed by atoms with Gasteiger partial charge >= 0.3 is 0 Å². The van der Waals surface area contributed by atoms with Crippen LogP contribution in [0.25, 0.3) is 11.1 Å². The SMILES string of the molecule is COc1cccc(Nc2ncc(-c3ccc(Cl)c(OC(C)Cn4cnnn4)c3)cn2)c1OC. The lowest BCUT2D eigenvalue weighted by atomic mass is 10.1. The number of benzene rings is 2. The monoisotopic (exact) mass is 467 g/mol. The summed E-state index contributed by atoms with van der Waals surface area (Å²) in [6, 6.07) is 11.1. The van der Waals surface area contributed by atoms with Gasteiger partial charge in [0.25, 0.3) is 0 Å². The highest BCUT2D eigenvalue weighted by Crippen LogP contribution is 2.36. The van der Waals surface area contributed by atoms with E-state index in [2.05, 4.69) is 30.8 Å². The maximum absolute atomic E-state index is 6.34. The highest BCUT2D eigenvalue weighted by atomic mass is 35.5. The maximum Gasteiger partial charge on any atom is 0.227 e. The fourth-order valence-corrected chi connectivity index (χ4v) is 3.36. The average Bonchev–Trinajstić information content (AvgIpc) is 3.33. The van der Waals surface area contributed by atoms with Gasteiger partial charge in [-0.25, -0.2) is 14.6 Å². The molecule has 2 aromatic carbocycles. The summed E-state index contributed by atoms with van der Waals surface area (Å²) < 4.78 is 18.4. The van der Waals surface area contributed by atoms with Crippen molar-refractivity contribution in [3.8, 4) is 28.4 Å². The molecule has 0 saturated heterocycles. The molecule has 170 valence electrons. The van der Waals surface area contributed by atoms with Crippen LogP contribution >= 0.6 is 11.6 Å². The number of ether oxygens (including phenoxy) is 3. The molecule has 0 aliphatic heterocycles. The minimum atomic E-state index is -0.193. The molecule has 4 rings (SSSR count). The molecule has 10 nitrogen and oxygen atoms in total. The number of hydrogen-bond acceptors (Lipinski definition) is 9. The quantitative estimate of drug-likeness (QED) is 0.390. The van der Waals surface area contributed by atoms with Crippen LogP contribution in [0, 0.1) is 0 Å². The molecule has 2 aromatic heterocycles. The molecular weight excluding hydrogens is 446 g/mol. The van der Waals surface area contributed by atoms with Gasteiger partial charge in [-0.05, 0) is 47.2 Å². The predicted molar refractivity (Wildman–Crippen MR) is 123 cm³/mol. The summed E-state index contributed by atoms with van der Waals surface area (Å²) in [6.45, 7) is 2.41. The first-order valence-corrected chi connectivity index (χ1v) is 10.4. The van der Waals surface area contributed by atoms with Crippen molar-refractivity contribution in [1.29, 1.82) is 0 Å². The third kappa shape index (κ3) is 5.29. The smallest absolute Gasteiger partial charge is 0.227 e. The van der Waals surface area contributed by atoms with Crippen LogP contribution in [-0.4, -0.2) is 50.5 Å². The molecule has 0 saturated carbocycles. The molecule has 0 aliphatic rings. The number of anilines is 2. The molecule has 11 heteroatoms.